The van der Waals surface area contributed by atoms with E-state index in [1.807, 2.05) is 35.7 Å². The van der Waals surface area contributed by atoms with Crippen molar-refractivity contribution in [2.45, 2.75) is 59.4 Å². The second-order valence-electron chi connectivity index (χ2n) is 7.93. The Morgan fingerprint density at radius 3 is 2.42 bits per heavy atom. The standard InChI is InChI=1S/C21H27ClN4/c1-7-13(2)23-18-12-17(21(4,5)6)24-20-19(14(3)25-26(18)20)15-8-10-16(22)11-9-15/h8-13,23H,7H2,1-6H3/t13-/m1/s1. The molecule has 0 bridgehead atoms. The van der Waals surface area contributed by atoms with E-state index in [1.165, 1.54) is 0 Å². The molecule has 4 nitrogen and oxygen atoms in total. The van der Waals surface area contributed by atoms with Crippen LogP contribution in [0.1, 0.15) is 52.4 Å². The van der Waals surface area contributed by atoms with E-state index in [4.69, 9.17) is 21.7 Å². The monoisotopic (exact) mass is 370 g/mol. The van der Waals surface area contributed by atoms with Crippen LogP contribution in [0.5, 0.6) is 0 Å². The molecule has 1 atom stereocenters. The van der Waals surface area contributed by atoms with Gasteiger partial charge in [-0.25, -0.2) is 4.98 Å². The number of hydrogen-bond donors (Lipinski definition) is 1. The number of aryl methyl sites for hydroxylation is 1. The minimum atomic E-state index is -0.0525. The summed E-state index contributed by atoms with van der Waals surface area (Å²) in [4.78, 5) is 4.99. The van der Waals surface area contributed by atoms with E-state index in [2.05, 4.69) is 46.0 Å². The maximum Gasteiger partial charge on any atom is 0.165 e. The fourth-order valence-electron chi connectivity index (χ4n) is 2.92. The summed E-state index contributed by atoms with van der Waals surface area (Å²) in [7, 11) is 0. The predicted molar refractivity (Wildman–Crippen MR) is 110 cm³/mol. The summed E-state index contributed by atoms with van der Waals surface area (Å²) >= 11 is 6.07. The second-order valence-corrected chi connectivity index (χ2v) is 8.37. The van der Waals surface area contributed by atoms with Gasteiger partial charge in [-0.15, -0.1) is 0 Å². The Kier molecular flexibility index (Phi) is 4.98. The summed E-state index contributed by atoms with van der Waals surface area (Å²) in [6, 6.07) is 10.4. The molecule has 2 aromatic heterocycles. The summed E-state index contributed by atoms with van der Waals surface area (Å²) in [5.41, 5.74) is 4.96. The first-order valence-corrected chi connectivity index (χ1v) is 9.52. The quantitative estimate of drug-likeness (QED) is 0.624. The normalized spacial score (nSPS) is 13.2. The van der Waals surface area contributed by atoms with Crippen LogP contribution in [0, 0.1) is 6.92 Å². The van der Waals surface area contributed by atoms with Gasteiger partial charge in [-0.1, -0.05) is 51.4 Å². The molecule has 0 radical (unpaired) electrons. The van der Waals surface area contributed by atoms with Crippen LogP contribution >= 0.6 is 11.6 Å². The lowest BCUT2D eigenvalue weighted by Crippen LogP contribution is -2.20. The van der Waals surface area contributed by atoms with Crippen molar-refractivity contribution < 1.29 is 0 Å². The Balaban J connectivity index is 2.28. The minimum Gasteiger partial charge on any atom is -0.367 e. The van der Waals surface area contributed by atoms with Gasteiger partial charge in [0.15, 0.2) is 5.65 Å². The van der Waals surface area contributed by atoms with Crippen molar-refractivity contribution in [1.29, 1.82) is 0 Å². The van der Waals surface area contributed by atoms with Crippen molar-refractivity contribution in [1.82, 2.24) is 14.6 Å². The van der Waals surface area contributed by atoms with Gasteiger partial charge >= 0.3 is 0 Å². The maximum atomic E-state index is 6.07. The third-order valence-electron chi connectivity index (χ3n) is 4.67. The highest BCUT2D eigenvalue weighted by molar-refractivity contribution is 6.30. The van der Waals surface area contributed by atoms with Crippen LogP contribution in [-0.2, 0) is 5.41 Å². The van der Waals surface area contributed by atoms with E-state index in [0.29, 0.717) is 6.04 Å². The lowest BCUT2D eigenvalue weighted by molar-refractivity contribution is 0.568. The molecule has 3 aromatic rings. The van der Waals surface area contributed by atoms with Crippen molar-refractivity contribution in [2.24, 2.45) is 0 Å². The fraction of sp³-hybridized carbons (Fsp3) is 0.429. The van der Waals surface area contributed by atoms with E-state index in [1.54, 1.807) is 0 Å². The van der Waals surface area contributed by atoms with E-state index >= 15 is 0 Å². The molecule has 0 aliphatic carbocycles. The molecule has 5 heteroatoms. The number of nitrogens with one attached hydrogen (secondary N) is 1. The smallest absolute Gasteiger partial charge is 0.165 e. The number of halogens is 1. The first-order chi connectivity index (χ1) is 12.2. The zero-order chi connectivity index (χ0) is 19.1. The summed E-state index contributed by atoms with van der Waals surface area (Å²) in [5, 5.41) is 9.10. The largest absolute Gasteiger partial charge is 0.367 e. The SMILES string of the molecule is CC[C@@H](C)Nc1cc(C(C)(C)C)nc2c(-c3ccc(Cl)cc3)c(C)nn12. The topological polar surface area (TPSA) is 42.2 Å². The summed E-state index contributed by atoms with van der Waals surface area (Å²) < 4.78 is 1.93. The first-order valence-electron chi connectivity index (χ1n) is 9.14. The molecule has 0 aliphatic heterocycles. The Morgan fingerprint density at radius 2 is 1.85 bits per heavy atom. The van der Waals surface area contributed by atoms with Crippen LogP contribution < -0.4 is 5.32 Å². The van der Waals surface area contributed by atoms with Crippen LogP contribution in [0.3, 0.4) is 0 Å². The highest BCUT2D eigenvalue weighted by Gasteiger charge is 2.22. The number of nitrogens with zero attached hydrogens (tertiary/aromatic N) is 3. The molecule has 26 heavy (non-hydrogen) atoms. The Hall–Kier alpha value is -2.07. The lowest BCUT2D eigenvalue weighted by Gasteiger charge is -2.21. The van der Waals surface area contributed by atoms with E-state index in [-0.39, 0.29) is 5.41 Å². The molecule has 0 spiro atoms. The molecule has 0 amide bonds. The number of aromatic nitrogens is 3. The Morgan fingerprint density at radius 1 is 1.19 bits per heavy atom. The summed E-state index contributed by atoms with van der Waals surface area (Å²) in [6.07, 6.45) is 1.04. The lowest BCUT2D eigenvalue weighted by atomic mass is 9.91. The predicted octanol–water partition coefficient (Wildman–Crippen LogP) is 5.87. The molecular weight excluding hydrogens is 344 g/mol. The molecule has 3 rings (SSSR count). The van der Waals surface area contributed by atoms with Crippen molar-refractivity contribution in [3.8, 4) is 11.1 Å². The van der Waals surface area contributed by atoms with Gasteiger partial charge in [0.25, 0.3) is 0 Å². The van der Waals surface area contributed by atoms with E-state index < -0.39 is 0 Å². The molecule has 138 valence electrons. The average Bonchev–Trinajstić information content (AvgIpc) is 2.91. The molecule has 0 aliphatic rings. The third-order valence-corrected chi connectivity index (χ3v) is 4.92. The van der Waals surface area contributed by atoms with Crippen LogP contribution in [0.15, 0.2) is 30.3 Å². The van der Waals surface area contributed by atoms with Crippen LogP contribution in [0.2, 0.25) is 5.02 Å². The number of hydrogen-bond acceptors (Lipinski definition) is 3. The molecule has 0 fully saturated rings. The number of anilines is 1. The zero-order valence-electron chi connectivity index (χ0n) is 16.4. The number of benzene rings is 1. The molecule has 1 N–H and O–H groups in total. The van der Waals surface area contributed by atoms with Crippen molar-refractivity contribution in [2.75, 3.05) is 5.32 Å². The van der Waals surface area contributed by atoms with E-state index in [0.717, 1.165) is 45.4 Å². The minimum absolute atomic E-state index is 0.0525. The highest BCUT2D eigenvalue weighted by Crippen LogP contribution is 2.32. The fourth-order valence-corrected chi connectivity index (χ4v) is 3.05. The van der Waals surface area contributed by atoms with Gasteiger partial charge in [0, 0.05) is 28.1 Å². The second kappa shape index (κ2) is 6.92. The number of fused-ring (bicyclic) bond motifs is 1. The molecule has 2 heterocycles. The molecular formula is C21H27ClN4. The zero-order valence-corrected chi connectivity index (χ0v) is 17.1. The van der Waals surface area contributed by atoms with Crippen LogP contribution in [0.4, 0.5) is 5.82 Å². The molecule has 1 aromatic carbocycles. The van der Waals surface area contributed by atoms with Gasteiger partial charge in [-0.2, -0.15) is 9.61 Å². The van der Waals surface area contributed by atoms with Gasteiger partial charge in [0.05, 0.1) is 11.4 Å². The third kappa shape index (κ3) is 3.56. The van der Waals surface area contributed by atoms with Gasteiger partial charge < -0.3 is 5.32 Å². The van der Waals surface area contributed by atoms with Crippen LogP contribution in [-0.4, -0.2) is 20.6 Å². The molecule has 0 saturated carbocycles. The Bertz CT molecular complexity index is 920. The van der Waals surface area contributed by atoms with Crippen molar-refractivity contribution in [3.63, 3.8) is 0 Å². The van der Waals surface area contributed by atoms with Crippen molar-refractivity contribution >= 4 is 23.1 Å². The van der Waals surface area contributed by atoms with Crippen LogP contribution in [0.25, 0.3) is 16.8 Å². The first kappa shape index (κ1) is 18.7. The van der Waals surface area contributed by atoms with Crippen molar-refractivity contribution in [3.05, 3.63) is 46.7 Å². The van der Waals surface area contributed by atoms with Gasteiger partial charge in [-0.3, -0.25) is 0 Å². The van der Waals surface area contributed by atoms with Gasteiger partial charge in [0.2, 0.25) is 0 Å². The summed E-state index contributed by atoms with van der Waals surface area (Å²) in [5.74, 6) is 0.984. The average molecular weight is 371 g/mol. The highest BCUT2D eigenvalue weighted by atomic mass is 35.5. The molecule has 0 saturated heterocycles. The van der Waals surface area contributed by atoms with E-state index in [9.17, 15) is 0 Å². The summed E-state index contributed by atoms with van der Waals surface area (Å²) in [6.45, 7) is 12.9. The maximum absolute atomic E-state index is 6.07. The number of rotatable bonds is 4. The molecule has 0 unspecified atom stereocenters. The van der Waals surface area contributed by atoms with Gasteiger partial charge in [0.1, 0.15) is 5.82 Å². The Labute approximate surface area is 160 Å². The van der Waals surface area contributed by atoms with Gasteiger partial charge in [-0.05, 0) is 38.0 Å².